The summed E-state index contributed by atoms with van der Waals surface area (Å²) >= 11 is 0. The van der Waals surface area contributed by atoms with Crippen molar-refractivity contribution in [1.82, 2.24) is 19.6 Å². The van der Waals surface area contributed by atoms with Crippen molar-refractivity contribution in [3.63, 3.8) is 0 Å². The highest BCUT2D eigenvalue weighted by molar-refractivity contribution is 5.33. The van der Waals surface area contributed by atoms with Gasteiger partial charge in [-0.2, -0.15) is 9.50 Å². The van der Waals surface area contributed by atoms with E-state index in [9.17, 15) is 5.11 Å². The van der Waals surface area contributed by atoms with Crippen LogP contribution in [0.2, 0.25) is 0 Å². The molecule has 14 heavy (non-hydrogen) atoms. The zero-order valence-corrected chi connectivity index (χ0v) is 7.12. The lowest BCUT2D eigenvalue weighted by Crippen LogP contribution is -1.96. The number of hydrogen-bond acceptors (Lipinski definition) is 6. The third-order valence-electron chi connectivity index (χ3n) is 1.69. The van der Waals surface area contributed by atoms with Crippen molar-refractivity contribution < 1.29 is 15.3 Å². The van der Waals surface area contributed by atoms with Gasteiger partial charge in [0.25, 0.3) is 5.78 Å². The average molecular weight is 196 g/mol. The van der Waals surface area contributed by atoms with Gasteiger partial charge >= 0.3 is 0 Å². The van der Waals surface area contributed by atoms with Crippen LogP contribution in [0, 0.1) is 0 Å². The molecule has 0 radical (unpaired) electrons. The molecule has 0 aliphatic rings. The molecule has 3 N–H and O–H groups in total. The van der Waals surface area contributed by atoms with Gasteiger partial charge in [-0.05, 0) is 0 Å². The van der Waals surface area contributed by atoms with Crippen LogP contribution in [0.1, 0.15) is 11.5 Å². The molecule has 2 heterocycles. The summed E-state index contributed by atoms with van der Waals surface area (Å²) < 4.78 is 1.09. The van der Waals surface area contributed by atoms with Gasteiger partial charge in [0.15, 0.2) is 5.82 Å². The third-order valence-corrected chi connectivity index (χ3v) is 1.69. The van der Waals surface area contributed by atoms with E-state index >= 15 is 0 Å². The maximum absolute atomic E-state index is 9.42. The van der Waals surface area contributed by atoms with Crippen LogP contribution >= 0.6 is 0 Å². The van der Waals surface area contributed by atoms with Crippen LogP contribution in [0.4, 0.5) is 0 Å². The molecular formula is C7H8N4O3. The molecular weight excluding hydrogens is 188 g/mol. The van der Waals surface area contributed by atoms with Crippen molar-refractivity contribution in [3.8, 4) is 5.88 Å². The van der Waals surface area contributed by atoms with Crippen molar-refractivity contribution in [2.24, 2.45) is 0 Å². The standard InChI is InChI=1S/C7H8N4O3/c12-2-4-1-6(14)11-7(8-4)9-5(3-13)10-11/h1,12-14H,2-3H2. The Hall–Kier alpha value is -1.73. The van der Waals surface area contributed by atoms with Crippen LogP contribution in [-0.4, -0.2) is 34.9 Å². The summed E-state index contributed by atoms with van der Waals surface area (Å²) in [6, 6.07) is 1.28. The van der Waals surface area contributed by atoms with E-state index in [1.54, 1.807) is 0 Å². The molecule has 0 bridgehead atoms. The summed E-state index contributed by atoms with van der Waals surface area (Å²) in [7, 11) is 0. The topological polar surface area (TPSA) is 104 Å². The van der Waals surface area contributed by atoms with Crippen LogP contribution < -0.4 is 0 Å². The molecule has 0 unspecified atom stereocenters. The average Bonchev–Trinajstić information content (AvgIpc) is 2.61. The first-order valence-corrected chi connectivity index (χ1v) is 3.91. The van der Waals surface area contributed by atoms with Crippen molar-refractivity contribution in [2.45, 2.75) is 13.2 Å². The van der Waals surface area contributed by atoms with E-state index in [1.807, 2.05) is 0 Å². The summed E-state index contributed by atoms with van der Waals surface area (Å²) in [4.78, 5) is 7.71. The Morgan fingerprint density at radius 2 is 2.00 bits per heavy atom. The van der Waals surface area contributed by atoms with Gasteiger partial charge in [0.1, 0.15) is 6.61 Å². The molecule has 7 nitrogen and oxygen atoms in total. The predicted molar refractivity (Wildman–Crippen MR) is 44.3 cm³/mol. The third kappa shape index (κ3) is 1.28. The number of aromatic hydroxyl groups is 1. The highest BCUT2D eigenvalue weighted by Crippen LogP contribution is 2.12. The van der Waals surface area contributed by atoms with E-state index in [4.69, 9.17) is 10.2 Å². The largest absolute Gasteiger partial charge is 0.493 e. The normalized spacial score (nSPS) is 11.0. The number of aliphatic hydroxyl groups is 2. The molecule has 0 amide bonds. The lowest BCUT2D eigenvalue weighted by atomic mass is 10.4. The number of fused-ring (bicyclic) bond motifs is 1. The quantitative estimate of drug-likeness (QED) is 0.558. The lowest BCUT2D eigenvalue weighted by molar-refractivity contribution is 0.271. The molecule has 2 aromatic heterocycles. The van der Waals surface area contributed by atoms with Gasteiger partial charge < -0.3 is 15.3 Å². The van der Waals surface area contributed by atoms with Crippen molar-refractivity contribution >= 4 is 5.78 Å². The Labute approximate surface area is 78.3 Å². The fraction of sp³-hybridized carbons (Fsp3) is 0.286. The van der Waals surface area contributed by atoms with Crippen molar-refractivity contribution in [3.05, 3.63) is 17.6 Å². The second-order valence-corrected chi connectivity index (χ2v) is 2.66. The minimum atomic E-state index is -0.322. The number of aliphatic hydroxyl groups excluding tert-OH is 2. The van der Waals surface area contributed by atoms with E-state index in [2.05, 4.69) is 15.1 Å². The summed E-state index contributed by atoms with van der Waals surface area (Å²) in [6.07, 6.45) is 0. The van der Waals surface area contributed by atoms with Gasteiger partial charge in [0.2, 0.25) is 5.88 Å². The summed E-state index contributed by atoms with van der Waals surface area (Å²) in [5.74, 6) is 0.146. The smallest absolute Gasteiger partial charge is 0.256 e. The maximum Gasteiger partial charge on any atom is 0.256 e. The van der Waals surface area contributed by atoms with Crippen molar-refractivity contribution in [2.75, 3.05) is 0 Å². The second kappa shape index (κ2) is 3.20. The van der Waals surface area contributed by atoms with Crippen LogP contribution in [-0.2, 0) is 13.2 Å². The molecule has 0 atom stereocenters. The molecule has 0 saturated heterocycles. The molecule has 0 saturated carbocycles. The van der Waals surface area contributed by atoms with E-state index in [-0.39, 0.29) is 30.7 Å². The zero-order valence-electron chi connectivity index (χ0n) is 7.12. The van der Waals surface area contributed by atoms with E-state index < -0.39 is 0 Å². The number of hydrogen-bond donors (Lipinski definition) is 3. The van der Waals surface area contributed by atoms with E-state index in [0.29, 0.717) is 5.69 Å². The maximum atomic E-state index is 9.42. The van der Waals surface area contributed by atoms with Crippen LogP contribution in [0.25, 0.3) is 5.78 Å². The first-order valence-electron chi connectivity index (χ1n) is 3.91. The highest BCUT2D eigenvalue weighted by atomic mass is 16.3. The Bertz CT molecular complexity index is 467. The van der Waals surface area contributed by atoms with Crippen molar-refractivity contribution in [1.29, 1.82) is 0 Å². The zero-order chi connectivity index (χ0) is 10.1. The van der Waals surface area contributed by atoms with E-state index in [0.717, 1.165) is 4.52 Å². The Morgan fingerprint density at radius 3 is 2.64 bits per heavy atom. The van der Waals surface area contributed by atoms with Crippen LogP contribution in [0.15, 0.2) is 6.07 Å². The molecule has 0 fully saturated rings. The van der Waals surface area contributed by atoms with Gasteiger partial charge in [0.05, 0.1) is 12.3 Å². The summed E-state index contributed by atoms with van der Waals surface area (Å²) in [5.41, 5.74) is 0.298. The van der Waals surface area contributed by atoms with Gasteiger partial charge in [-0.3, -0.25) is 0 Å². The molecule has 74 valence electrons. The van der Waals surface area contributed by atoms with E-state index in [1.165, 1.54) is 6.07 Å². The molecule has 0 aliphatic heterocycles. The molecule has 0 aliphatic carbocycles. The Balaban J connectivity index is 2.67. The predicted octanol–water partition coefficient (Wildman–Crippen LogP) is -1.19. The molecule has 7 heteroatoms. The minimum absolute atomic E-state index is 0.151. The Morgan fingerprint density at radius 1 is 1.21 bits per heavy atom. The van der Waals surface area contributed by atoms with Gasteiger partial charge in [-0.25, -0.2) is 4.98 Å². The molecule has 0 spiro atoms. The van der Waals surface area contributed by atoms with Gasteiger partial charge in [-0.1, -0.05) is 0 Å². The molecule has 2 rings (SSSR count). The Kier molecular flexibility index (Phi) is 2.02. The number of nitrogens with zero attached hydrogens (tertiary/aromatic N) is 4. The second-order valence-electron chi connectivity index (χ2n) is 2.66. The first kappa shape index (κ1) is 8.85. The SMILES string of the molecule is OCc1cc(O)n2nc(CO)nc2n1. The van der Waals surface area contributed by atoms with Gasteiger partial charge in [0, 0.05) is 6.07 Å². The first-order chi connectivity index (χ1) is 6.74. The number of aromatic nitrogens is 4. The fourth-order valence-electron chi connectivity index (χ4n) is 1.09. The monoisotopic (exact) mass is 196 g/mol. The number of rotatable bonds is 2. The lowest BCUT2D eigenvalue weighted by Gasteiger charge is -1.97. The van der Waals surface area contributed by atoms with Gasteiger partial charge in [-0.15, -0.1) is 5.10 Å². The highest BCUT2D eigenvalue weighted by Gasteiger charge is 2.08. The van der Waals surface area contributed by atoms with Crippen LogP contribution in [0.3, 0.4) is 0 Å². The molecule has 0 aromatic carbocycles. The summed E-state index contributed by atoms with van der Waals surface area (Å²) in [6.45, 7) is -0.608. The fourth-order valence-corrected chi connectivity index (χ4v) is 1.09. The summed E-state index contributed by atoms with van der Waals surface area (Å²) in [5, 5.41) is 30.8. The minimum Gasteiger partial charge on any atom is -0.493 e. The molecule has 2 aromatic rings. The van der Waals surface area contributed by atoms with Crippen LogP contribution in [0.5, 0.6) is 5.88 Å².